The molecule has 1 heterocycles. The number of nitrogens with one attached hydrogen (secondary N) is 1. The average molecular weight is 534 g/mol. The summed E-state index contributed by atoms with van der Waals surface area (Å²) in [4.78, 5) is 39.4. The van der Waals surface area contributed by atoms with Crippen LogP contribution in [0.3, 0.4) is 0 Å². The molecule has 0 bridgehead atoms. The molecule has 31 heavy (non-hydrogen) atoms. The SMILES string of the molecule is CCC(=O)Oc1c(I)cc(/C=C2\N=C(c3ccc(NC(C)=O)cc3)OC2=O)cc1OC. The number of methoxy groups -OCH3 is 1. The summed E-state index contributed by atoms with van der Waals surface area (Å²) >= 11 is 2.03. The Morgan fingerprint density at radius 2 is 1.94 bits per heavy atom. The molecule has 0 fully saturated rings. The number of carbonyl (C=O) groups is 3. The van der Waals surface area contributed by atoms with Gasteiger partial charge in [0.2, 0.25) is 11.8 Å². The zero-order chi connectivity index (χ0) is 22.5. The van der Waals surface area contributed by atoms with Crippen LogP contribution in [0.5, 0.6) is 11.5 Å². The third kappa shape index (κ3) is 5.48. The quantitative estimate of drug-likeness (QED) is 0.261. The van der Waals surface area contributed by atoms with Crippen molar-refractivity contribution in [2.24, 2.45) is 4.99 Å². The number of hydrogen-bond donors (Lipinski definition) is 1. The first-order valence-electron chi connectivity index (χ1n) is 9.29. The average Bonchev–Trinajstić information content (AvgIpc) is 3.09. The molecule has 3 rings (SSSR count). The Balaban J connectivity index is 1.88. The molecule has 160 valence electrons. The van der Waals surface area contributed by atoms with Crippen molar-refractivity contribution >= 4 is 58.1 Å². The Labute approximate surface area is 192 Å². The normalized spacial score (nSPS) is 14.1. The molecule has 1 aliphatic heterocycles. The van der Waals surface area contributed by atoms with Crippen molar-refractivity contribution in [2.75, 3.05) is 12.4 Å². The molecule has 0 atom stereocenters. The maximum Gasteiger partial charge on any atom is 0.363 e. The molecule has 2 aromatic rings. The minimum absolute atomic E-state index is 0.122. The molecule has 1 N–H and O–H groups in total. The van der Waals surface area contributed by atoms with E-state index in [1.807, 2.05) is 22.6 Å². The van der Waals surface area contributed by atoms with E-state index in [4.69, 9.17) is 14.2 Å². The number of benzene rings is 2. The number of amides is 1. The van der Waals surface area contributed by atoms with Gasteiger partial charge in [-0.1, -0.05) is 6.92 Å². The summed E-state index contributed by atoms with van der Waals surface area (Å²) in [6.07, 6.45) is 1.80. The highest BCUT2D eigenvalue weighted by molar-refractivity contribution is 14.1. The summed E-state index contributed by atoms with van der Waals surface area (Å²) in [5.74, 6) is -0.278. The molecule has 1 amide bonds. The fourth-order valence-electron chi connectivity index (χ4n) is 2.70. The van der Waals surface area contributed by atoms with Gasteiger partial charge >= 0.3 is 11.9 Å². The second-order valence-corrected chi connectivity index (χ2v) is 7.62. The predicted octanol–water partition coefficient (Wildman–Crippen LogP) is 3.92. The Hall–Kier alpha value is -3.21. The maximum absolute atomic E-state index is 12.3. The highest BCUT2D eigenvalue weighted by Crippen LogP contribution is 2.35. The van der Waals surface area contributed by atoms with Crippen molar-refractivity contribution in [3.05, 3.63) is 56.8 Å². The summed E-state index contributed by atoms with van der Waals surface area (Å²) in [5, 5.41) is 2.67. The van der Waals surface area contributed by atoms with E-state index in [1.165, 1.54) is 14.0 Å². The molecule has 0 aromatic heterocycles. The van der Waals surface area contributed by atoms with Crippen molar-refractivity contribution < 1.29 is 28.6 Å². The Bertz CT molecular complexity index is 1110. The van der Waals surface area contributed by atoms with Crippen LogP contribution in [0.25, 0.3) is 6.08 Å². The summed E-state index contributed by atoms with van der Waals surface area (Å²) in [6.45, 7) is 3.12. The van der Waals surface area contributed by atoms with Crippen LogP contribution in [-0.4, -0.2) is 30.9 Å². The first-order valence-corrected chi connectivity index (χ1v) is 10.4. The fourth-order valence-corrected chi connectivity index (χ4v) is 3.43. The van der Waals surface area contributed by atoms with Crippen molar-refractivity contribution in [1.82, 2.24) is 0 Å². The van der Waals surface area contributed by atoms with E-state index < -0.39 is 5.97 Å². The Morgan fingerprint density at radius 3 is 2.55 bits per heavy atom. The largest absolute Gasteiger partial charge is 0.493 e. The number of nitrogens with zero attached hydrogens (tertiary/aromatic N) is 1. The second kappa shape index (κ2) is 9.73. The summed E-state index contributed by atoms with van der Waals surface area (Å²) < 4.78 is 16.6. The zero-order valence-corrected chi connectivity index (χ0v) is 19.2. The van der Waals surface area contributed by atoms with Gasteiger partial charge in [-0.3, -0.25) is 9.59 Å². The van der Waals surface area contributed by atoms with Gasteiger partial charge in [0.05, 0.1) is 10.7 Å². The van der Waals surface area contributed by atoms with Crippen LogP contribution in [0.1, 0.15) is 31.4 Å². The number of carbonyl (C=O) groups excluding carboxylic acids is 3. The van der Waals surface area contributed by atoms with Gasteiger partial charge in [0, 0.05) is 24.6 Å². The lowest BCUT2D eigenvalue weighted by Crippen LogP contribution is -2.08. The van der Waals surface area contributed by atoms with Gasteiger partial charge in [-0.15, -0.1) is 0 Å². The molecular formula is C22H19IN2O6. The molecule has 0 aliphatic carbocycles. The van der Waals surface area contributed by atoms with Crippen molar-refractivity contribution in [3.8, 4) is 11.5 Å². The standard InChI is InChI=1S/C22H19IN2O6/c1-4-19(27)30-20-16(23)9-13(11-18(20)29-3)10-17-22(28)31-21(25-17)14-5-7-15(8-6-14)24-12(2)26/h5-11H,4H2,1-3H3,(H,24,26)/b17-10-. The number of cyclic esters (lactones) is 1. The van der Waals surface area contributed by atoms with Gasteiger partial charge in [-0.2, -0.15) is 0 Å². The van der Waals surface area contributed by atoms with Gasteiger partial charge in [0.15, 0.2) is 17.2 Å². The van der Waals surface area contributed by atoms with Crippen LogP contribution in [-0.2, 0) is 19.1 Å². The zero-order valence-electron chi connectivity index (χ0n) is 17.0. The van der Waals surface area contributed by atoms with E-state index in [0.717, 1.165) is 0 Å². The lowest BCUT2D eigenvalue weighted by atomic mass is 10.1. The van der Waals surface area contributed by atoms with Crippen LogP contribution < -0.4 is 14.8 Å². The van der Waals surface area contributed by atoms with E-state index in [9.17, 15) is 14.4 Å². The minimum Gasteiger partial charge on any atom is -0.493 e. The number of hydrogen-bond acceptors (Lipinski definition) is 7. The summed E-state index contributed by atoms with van der Waals surface area (Å²) in [5.41, 5.74) is 1.98. The molecule has 0 saturated carbocycles. The number of anilines is 1. The molecule has 0 spiro atoms. The van der Waals surface area contributed by atoms with Crippen LogP contribution in [0.2, 0.25) is 0 Å². The van der Waals surface area contributed by atoms with E-state index in [-0.39, 0.29) is 29.9 Å². The highest BCUT2D eigenvalue weighted by Gasteiger charge is 2.24. The molecule has 8 nitrogen and oxygen atoms in total. The van der Waals surface area contributed by atoms with Crippen LogP contribution in [0, 0.1) is 3.57 Å². The Morgan fingerprint density at radius 1 is 1.23 bits per heavy atom. The molecule has 0 unspecified atom stereocenters. The van der Waals surface area contributed by atoms with Gasteiger partial charge in [-0.05, 0) is 70.6 Å². The van der Waals surface area contributed by atoms with Crippen molar-refractivity contribution in [2.45, 2.75) is 20.3 Å². The van der Waals surface area contributed by atoms with E-state index >= 15 is 0 Å². The number of aliphatic imine (C=N–C) groups is 1. The lowest BCUT2D eigenvalue weighted by Gasteiger charge is -2.11. The highest BCUT2D eigenvalue weighted by atomic mass is 127. The van der Waals surface area contributed by atoms with E-state index in [0.29, 0.717) is 31.9 Å². The summed E-state index contributed by atoms with van der Waals surface area (Å²) in [7, 11) is 1.47. The molecule has 0 radical (unpaired) electrons. The van der Waals surface area contributed by atoms with Crippen LogP contribution >= 0.6 is 22.6 Å². The predicted molar refractivity (Wildman–Crippen MR) is 123 cm³/mol. The third-order valence-corrected chi connectivity index (χ3v) is 4.93. The number of rotatable bonds is 6. The number of esters is 2. The molecule has 9 heteroatoms. The molecule has 1 aliphatic rings. The van der Waals surface area contributed by atoms with Gasteiger partial charge in [0.25, 0.3) is 0 Å². The van der Waals surface area contributed by atoms with Gasteiger partial charge in [0.1, 0.15) is 0 Å². The van der Waals surface area contributed by atoms with E-state index in [2.05, 4.69) is 10.3 Å². The molecule has 0 saturated heterocycles. The monoisotopic (exact) mass is 534 g/mol. The Kier molecular flexibility index (Phi) is 7.06. The summed E-state index contributed by atoms with van der Waals surface area (Å²) in [6, 6.07) is 10.2. The number of halogens is 1. The van der Waals surface area contributed by atoms with Crippen molar-refractivity contribution in [3.63, 3.8) is 0 Å². The van der Waals surface area contributed by atoms with E-state index in [1.54, 1.807) is 49.4 Å². The van der Waals surface area contributed by atoms with Crippen LogP contribution in [0.4, 0.5) is 5.69 Å². The number of ether oxygens (including phenoxy) is 3. The smallest absolute Gasteiger partial charge is 0.363 e. The first kappa shape index (κ1) is 22.5. The van der Waals surface area contributed by atoms with Gasteiger partial charge in [-0.25, -0.2) is 9.79 Å². The van der Waals surface area contributed by atoms with Gasteiger partial charge < -0.3 is 19.5 Å². The fraction of sp³-hybridized carbons (Fsp3) is 0.182. The topological polar surface area (TPSA) is 103 Å². The van der Waals surface area contributed by atoms with Crippen LogP contribution in [0.15, 0.2) is 47.1 Å². The molecule has 2 aromatic carbocycles. The lowest BCUT2D eigenvalue weighted by molar-refractivity contribution is -0.134. The second-order valence-electron chi connectivity index (χ2n) is 6.46. The maximum atomic E-state index is 12.3. The molecular weight excluding hydrogens is 515 g/mol. The third-order valence-electron chi connectivity index (χ3n) is 4.13. The first-order chi connectivity index (χ1) is 14.8. The minimum atomic E-state index is -0.587. The van der Waals surface area contributed by atoms with Crippen molar-refractivity contribution in [1.29, 1.82) is 0 Å².